The molecule has 0 radical (unpaired) electrons. The van der Waals surface area contributed by atoms with E-state index in [2.05, 4.69) is 17.6 Å². The standard InChI is InChI=1S/C11H11F2N3O3S/c12-1-5-6(2-13)10(19-7(5)4-17)16-3-8(20)9(14)15-11(16)18/h1-3,7,10,17,20H,4H2,(H2,14,15,18)/b5-1+,6-2+. The fourth-order valence-electron chi connectivity index (χ4n) is 1.88. The van der Waals surface area contributed by atoms with Crippen LogP contribution in [0.5, 0.6) is 0 Å². The summed E-state index contributed by atoms with van der Waals surface area (Å²) in [4.78, 5) is 15.4. The van der Waals surface area contributed by atoms with Gasteiger partial charge in [-0.15, -0.1) is 12.6 Å². The fourth-order valence-corrected chi connectivity index (χ4v) is 2.05. The highest BCUT2D eigenvalue weighted by Crippen LogP contribution is 2.38. The number of rotatable bonds is 2. The highest BCUT2D eigenvalue weighted by molar-refractivity contribution is 7.80. The third-order valence-corrected chi connectivity index (χ3v) is 3.20. The predicted octanol–water partition coefficient (Wildman–Crippen LogP) is 0.711. The molecule has 20 heavy (non-hydrogen) atoms. The lowest BCUT2D eigenvalue weighted by Crippen LogP contribution is -2.28. The molecule has 3 N–H and O–H groups in total. The fraction of sp³-hybridized carbons (Fsp3) is 0.273. The number of aliphatic hydroxyl groups is 1. The number of halogens is 2. The molecule has 6 nitrogen and oxygen atoms in total. The van der Waals surface area contributed by atoms with E-state index < -0.39 is 24.6 Å². The van der Waals surface area contributed by atoms with E-state index in [1.54, 1.807) is 0 Å². The summed E-state index contributed by atoms with van der Waals surface area (Å²) in [5.74, 6) is -0.0849. The van der Waals surface area contributed by atoms with E-state index in [9.17, 15) is 13.6 Å². The van der Waals surface area contributed by atoms with Crippen LogP contribution in [0.3, 0.4) is 0 Å². The van der Waals surface area contributed by atoms with Gasteiger partial charge in [-0.3, -0.25) is 4.57 Å². The second-order valence-electron chi connectivity index (χ2n) is 3.99. The summed E-state index contributed by atoms with van der Waals surface area (Å²) in [5.41, 5.74) is 4.23. The molecule has 1 saturated heterocycles. The maximum Gasteiger partial charge on any atom is 0.351 e. The van der Waals surface area contributed by atoms with Gasteiger partial charge in [-0.1, -0.05) is 0 Å². The zero-order chi connectivity index (χ0) is 14.9. The molecule has 2 heterocycles. The molecule has 1 aromatic heterocycles. The summed E-state index contributed by atoms with van der Waals surface area (Å²) in [7, 11) is 0. The first-order valence-electron chi connectivity index (χ1n) is 5.48. The van der Waals surface area contributed by atoms with Crippen LogP contribution in [-0.4, -0.2) is 27.4 Å². The molecular formula is C11H11F2N3O3S. The molecular weight excluding hydrogens is 292 g/mol. The van der Waals surface area contributed by atoms with Crippen molar-refractivity contribution in [1.82, 2.24) is 9.55 Å². The van der Waals surface area contributed by atoms with Crippen molar-refractivity contribution in [3.05, 3.63) is 40.5 Å². The van der Waals surface area contributed by atoms with Crippen LogP contribution >= 0.6 is 12.6 Å². The Bertz CT molecular complexity index is 644. The Morgan fingerprint density at radius 3 is 2.70 bits per heavy atom. The molecule has 2 rings (SSSR count). The van der Waals surface area contributed by atoms with E-state index in [1.165, 1.54) is 6.20 Å². The van der Waals surface area contributed by atoms with Gasteiger partial charge in [0.05, 0.1) is 24.2 Å². The first-order valence-corrected chi connectivity index (χ1v) is 5.93. The van der Waals surface area contributed by atoms with E-state index in [1.807, 2.05) is 0 Å². The van der Waals surface area contributed by atoms with E-state index >= 15 is 0 Å². The van der Waals surface area contributed by atoms with Gasteiger partial charge in [-0.05, 0) is 0 Å². The molecule has 1 aliphatic heterocycles. The van der Waals surface area contributed by atoms with Crippen LogP contribution in [0.2, 0.25) is 0 Å². The molecule has 2 unspecified atom stereocenters. The smallest absolute Gasteiger partial charge is 0.351 e. The Morgan fingerprint density at radius 1 is 1.50 bits per heavy atom. The van der Waals surface area contributed by atoms with Gasteiger partial charge < -0.3 is 15.6 Å². The van der Waals surface area contributed by atoms with Crippen LogP contribution in [0.1, 0.15) is 6.23 Å². The van der Waals surface area contributed by atoms with Gasteiger partial charge in [0.15, 0.2) is 6.23 Å². The van der Waals surface area contributed by atoms with E-state index in [-0.39, 0.29) is 34.5 Å². The largest absolute Gasteiger partial charge is 0.393 e. The molecule has 0 amide bonds. The second-order valence-corrected chi connectivity index (χ2v) is 4.47. The van der Waals surface area contributed by atoms with Crippen molar-refractivity contribution in [2.24, 2.45) is 0 Å². The zero-order valence-electron chi connectivity index (χ0n) is 10.0. The van der Waals surface area contributed by atoms with Crippen molar-refractivity contribution in [2.45, 2.75) is 17.2 Å². The van der Waals surface area contributed by atoms with Gasteiger partial charge in [0, 0.05) is 17.3 Å². The molecule has 1 aliphatic rings. The normalized spacial score (nSPS) is 26.6. The highest BCUT2D eigenvalue weighted by Gasteiger charge is 2.37. The Hall–Kier alpha value is -1.71. The summed E-state index contributed by atoms with van der Waals surface area (Å²) >= 11 is 4.00. The average molecular weight is 303 g/mol. The minimum Gasteiger partial charge on any atom is -0.393 e. The van der Waals surface area contributed by atoms with Crippen LogP contribution in [0.4, 0.5) is 14.6 Å². The second kappa shape index (κ2) is 5.73. The molecule has 0 bridgehead atoms. The maximum atomic E-state index is 13.0. The summed E-state index contributed by atoms with van der Waals surface area (Å²) in [6, 6.07) is 0. The SMILES string of the molecule is Nc1nc(=O)n(C2OC(CO)C(=C/F)/C2=C\F)cc1S. The predicted molar refractivity (Wildman–Crippen MR) is 69.5 cm³/mol. The van der Waals surface area contributed by atoms with Crippen LogP contribution in [0.25, 0.3) is 0 Å². The van der Waals surface area contributed by atoms with Gasteiger partial charge in [0.1, 0.15) is 11.9 Å². The van der Waals surface area contributed by atoms with Crippen molar-refractivity contribution >= 4 is 18.4 Å². The molecule has 9 heteroatoms. The summed E-state index contributed by atoms with van der Waals surface area (Å²) in [6.45, 7) is -0.561. The minimum atomic E-state index is -1.24. The molecule has 108 valence electrons. The lowest BCUT2D eigenvalue weighted by atomic mass is 10.1. The average Bonchev–Trinajstić information content (AvgIpc) is 2.80. The van der Waals surface area contributed by atoms with Gasteiger partial charge in [0.2, 0.25) is 0 Å². The van der Waals surface area contributed by atoms with Gasteiger partial charge in [-0.2, -0.15) is 4.98 Å². The Balaban J connectivity index is 2.53. The van der Waals surface area contributed by atoms with E-state index in [4.69, 9.17) is 15.6 Å². The number of aliphatic hydroxyl groups excluding tert-OH is 1. The Labute approximate surface area is 117 Å². The maximum absolute atomic E-state index is 13.0. The lowest BCUT2D eigenvalue weighted by molar-refractivity contribution is -0.00888. The molecule has 0 aromatic carbocycles. The number of nitrogen functional groups attached to an aromatic ring is 1. The third-order valence-electron chi connectivity index (χ3n) is 2.85. The topological polar surface area (TPSA) is 90.4 Å². The van der Waals surface area contributed by atoms with Crippen LogP contribution in [0.15, 0.2) is 39.7 Å². The number of thiol groups is 1. The third kappa shape index (κ3) is 2.35. The molecule has 0 spiro atoms. The van der Waals surface area contributed by atoms with Crippen molar-refractivity contribution < 1.29 is 18.6 Å². The van der Waals surface area contributed by atoms with E-state index in [0.29, 0.717) is 0 Å². The Kier molecular flexibility index (Phi) is 4.21. The summed E-state index contributed by atoms with van der Waals surface area (Å²) < 4.78 is 32.0. The number of aromatic nitrogens is 2. The quantitative estimate of drug-likeness (QED) is 0.700. The highest BCUT2D eigenvalue weighted by atomic mass is 32.1. The number of nitrogens with zero attached hydrogens (tertiary/aromatic N) is 2. The van der Waals surface area contributed by atoms with Crippen molar-refractivity contribution in [3.8, 4) is 0 Å². The monoisotopic (exact) mass is 303 g/mol. The van der Waals surface area contributed by atoms with E-state index in [0.717, 1.165) is 4.57 Å². The summed E-state index contributed by atoms with van der Waals surface area (Å²) in [5, 5.41) is 9.09. The van der Waals surface area contributed by atoms with Gasteiger partial charge in [-0.25, -0.2) is 13.6 Å². The summed E-state index contributed by atoms with van der Waals surface area (Å²) in [6.07, 6.45) is -0.862. The van der Waals surface area contributed by atoms with Crippen LogP contribution < -0.4 is 11.4 Å². The number of hydrogen-bond acceptors (Lipinski definition) is 6. The van der Waals surface area contributed by atoms with Crippen molar-refractivity contribution in [1.29, 1.82) is 0 Å². The van der Waals surface area contributed by atoms with Crippen LogP contribution in [-0.2, 0) is 4.74 Å². The molecule has 0 aliphatic carbocycles. The number of ether oxygens (including phenoxy) is 1. The number of nitrogens with two attached hydrogens (primary N) is 1. The molecule has 1 aromatic rings. The zero-order valence-corrected chi connectivity index (χ0v) is 10.9. The molecule has 0 saturated carbocycles. The number of anilines is 1. The van der Waals surface area contributed by atoms with Crippen molar-refractivity contribution in [3.63, 3.8) is 0 Å². The Morgan fingerprint density at radius 2 is 2.15 bits per heavy atom. The first-order chi connectivity index (χ1) is 9.53. The number of hydrogen-bond donors (Lipinski definition) is 3. The van der Waals surface area contributed by atoms with Gasteiger partial charge >= 0.3 is 5.69 Å². The minimum absolute atomic E-state index is 0.0849. The lowest BCUT2D eigenvalue weighted by Gasteiger charge is -2.15. The molecule has 2 atom stereocenters. The van der Waals surface area contributed by atoms with Crippen molar-refractivity contribution in [2.75, 3.05) is 12.3 Å². The molecule has 1 fully saturated rings. The van der Waals surface area contributed by atoms with Crippen LogP contribution in [0, 0.1) is 0 Å². The first kappa shape index (κ1) is 14.7. The van der Waals surface area contributed by atoms with Gasteiger partial charge in [0.25, 0.3) is 0 Å².